The molecule has 2 rings (SSSR count). The molecule has 1 aromatic carbocycles. The van der Waals surface area contributed by atoms with Crippen LogP contribution in [0.2, 0.25) is 0 Å². The molecule has 0 amide bonds. The topological polar surface area (TPSA) is 68.2 Å². The van der Waals surface area contributed by atoms with Gasteiger partial charge in [0.05, 0.1) is 6.10 Å². The highest BCUT2D eigenvalue weighted by Gasteiger charge is 2.44. The van der Waals surface area contributed by atoms with Gasteiger partial charge < -0.3 is 24.4 Å². The summed E-state index contributed by atoms with van der Waals surface area (Å²) in [5, 5.41) is 20.0. The van der Waals surface area contributed by atoms with Crippen molar-refractivity contribution in [3.63, 3.8) is 0 Å². The summed E-state index contributed by atoms with van der Waals surface area (Å²) < 4.78 is 16.2. The van der Waals surface area contributed by atoms with E-state index in [9.17, 15) is 10.2 Å². The molecule has 1 unspecified atom stereocenters. The Morgan fingerprint density at radius 3 is 2.32 bits per heavy atom. The van der Waals surface area contributed by atoms with Gasteiger partial charge in [-0.05, 0) is 26.0 Å². The van der Waals surface area contributed by atoms with E-state index in [4.69, 9.17) is 14.2 Å². The maximum Gasteiger partial charge on any atom is 0.229 e. The molecule has 1 aliphatic heterocycles. The van der Waals surface area contributed by atoms with Crippen molar-refractivity contribution >= 4 is 0 Å². The highest BCUT2D eigenvalue weighted by molar-refractivity contribution is 5.26. The average molecular weight is 268 g/mol. The van der Waals surface area contributed by atoms with Crippen molar-refractivity contribution in [1.29, 1.82) is 0 Å². The van der Waals surface area contributed by atoms with Crippen molar-refractivity contribution in [3.8, 4) is 5.75 Å². The van der Waals surface area contributed by atoms with Crippen LogP contribution in [0.25, 0.3) is 0 Å². The Morgan fingerprint density at radius 2 is 1.74 bits per heavy atom. The van der Waals surface area contributed by atoms with E-state index in [0.29, 0.717) is 5.75 Å². The van der Waals surface area contributed by atoms with Gasteiger partial charge in [0, 0.05) is 7.11 Å². The van der Waals surface area contributed by atoms with Crippen LogP contribution in [0.15, 0.2) is 24.3 Å². The third kappa shape index (κ3) is 3.06. The fourth-order valence-electron chi connectivity index (χ4n) is 2.12. The van der Waals surface area contributed by atoms with Crippen LogP contribution in [0.1, 0.15) is 12.5 Å². The highest BCUT2D eigenvalue weighted by Crippen LogP contribution is 2.25. The first-order chi connectivity index (χ1) is 9.02. The molecule has 1 aromatic rings. The van der Waals surface area contributed by atoms with Crippen LogP contribution in [0.4, 0.5) is 0 Å². The summed E-state index contributed by atoms with van der Waals surface area (Å²) in [6.07, 6.45) is -3.97. The molecule has 0 aromatic heterocycles. The van der Waals surface area contributed by atoms with Gasteiger partial charge in [0.2, 0.25) is 6.29 Å². The third-order valence-electron chi connectivity index (χ3n) is 3.33. The fraction of sp³-hybridized carbons (Fsp3) is 0.571. The van der Waals surface area contributed by atoms with E-state index in [1.807, 2.05) is 31.2 Å². The fourth-order valence-corrected chi connectivity index (χ4v) is 2.12. The highest BCUT2D eigenvalue weighted by atomic mass is 16.7. The zero-order chi connectivity index (χ0) is 14.0. The normalized spacial score (nSPS) is 35.1. The third-order valence-corrected chi connectivity index (χ3v) is 3.33. The summed E-state index contributed by atoms with van der Waals surface area (Å²) in [5.41, 5.74) is 1.12. The zero-order valence-electron chi connectivity index (χ0n) is 11.3. The molecule has 0 saturated carbocycles. The Bertz CT molecular complexity index is 405. The number of hydrogen-bond donors (Lipinski definition) is 2. The van der Waals surface area contributed by atoms with E-state index in [0.717, 1.165) is 5.56 Å². The van der Waals surface area contributed by atoms with Gasteiger partial charge in [-0.15, -0.1) is 0 Å². The molecule has 106 valence electrons. The maximum absolute atomic E-state index is 10.1. The van der Waals surface area contributed by atoms with Gasteiger partial charge >= 0.3 is 0 Å². The van der Waals surface area contributed by atoms with Crippen molar-refractivity contribution in [3.05, 3.63) is 29.8 Å². The lowest BCUT2D eigenvalue weighted by atomic mass is 10.00. The molecule has 1 aliphatic rings. The first-order valence-corrected chi connectivity index (χ1v) is 6.30. The Kier molecular flexibility index (Phi) is 4.42. The van der Waals surface area contributed by atoms with Gasteiger partial charge in [-0.3, -0.25) is 0 Å². The van der Waals surface area contributed by atoms with Crippen LogP contribution in [0.3, 0.4) is 0 Å². The first-order valence-electron chi connectivity index (χ1n) is 6.30. The van der Waals surface area contributed by atoms with Crippen LogP contribution in [0, 0.1) is 6.92 Å². The van der Waals surface area contributed by atoms with E-state index < -0.39 is 30.7 Å². The van der Waals surface area contributed by atoms with E-state index >= 15 is 0 Å². The summed E-state index contributed by atoms with van der Waals surface area (Å²) in [5.74, 6) is 0.605. The molecule has 1 saturated heterocycles. The van der Waals surface area contributed by atoms with Crippen LogP contribution in [0.5, 0.6) is 5.75 Å². The standard InChI is InChI=1S/C14H20O5/c1-8-4-6-10(7-5-8)19-14-12(16)13(17-3)11(15)9(2)18-14/h4-7,9,11-16H,1-3H3/t9-,11+,12?,13+,14+/m0/s1. The van der Waals surface area contributed by atoms with Crippen molar-refractivity contribution in [2.45, 2.75) is 44.6 Å². The molecule has 0 radical (unpaired) electrons. The van der Waals surface area contributed by atoms with Crippen LogP contribution in [-0.4, -0.2) is 48.0 Å². The van der Waals surface area contributed by atoms with E-state index in [1.165, 1.54) is 7.11 Å². The Labute approximate surface area is 112 Å². The SMILES string of the molecule is CO[C@H]1C(O)[C@@H](Oc2ccc(C)cc2)O[C@@H](C)[C@H]1O. The predicted octanol–water partition coefficient (Wildman–Crippen LogP) is 0.855. The summed E-state index contributed by atoms with van der Waals surface area (Å²) in [7, 11) is 1.44. The molecule has 2 N–H and O–H groups in total. The van der Waals surface area contributed by atoms with Gasteiger partial charge in [-0.25, -0.2) is 0 Å². The maximum atomic E-state index is 10.1. The average Bonchev–Trinajstić information content (AvgIpc) is 2.39. The number of benzene rings is 1. The lowest BCUT2D eigenvalue weighted by molar-refractivity contribution is -0.272. The summed E-state index contributed by atoms with van der Waals surface area (Å²) in [6, 6.07) is 7.44. The molecule has 5 nitrogen and oxygen atoms in total. The van der Waals surface area contributed by atoms with Gasteiger partial charge in [0.25, 0.3) is 0 Å². The number of aryl methyl sites for hydroxylation is 1. The number of aliphatic hydroxyl groups excluding tert-OH is 2. The largest absolute Gasteiger partial charge is 0.462 e. The summed E-state index contributed by atoms with van der Waals surface area (Å²) in [4.78, 5) is 0. The summed E-state index contributed by atoms with van der Waals surface area (Å²) >= 11 is 0. The molecule has 0 aliphatic carbocycles. The second kappa shape index (κ2) is 5.88. The first kappa shape index (κ1) is 14.3. The Balaban J connectivity index is 2.09. The van der Waals surface area contributed by atoms with Crippen LogP contribution >= 0.6 is 0 Å². The zero-order valence-corrected chi connectivity index (χ0v) is 11.3. The van der Waals surface area contributed by atoms with Crippen molar-refractivity contribution < 1.29 is 24.4 Å². The minimum atomic E-state index is -1.04. The quantitative estimate of drug-likeness (QED) is 0.851. The molecular weight excluding hydrogens is 248 g/mol. The lowest BCUT2D eigenvalue weighted by Gasteiger charge is -2.40. The Hall–Kier alpha value is -1.14. The Morgan fingerprint density at radius 1 is 1.11 bits per heavy atom. The number of methoxy groups -OCH3 is 1. The number of ether oxygens (including phenoxy) is 3. The lowest BCUT2D eigenvalue weighted by Crippen LogP contribution is -2.58. The van der Waals surface area contributed by atoms with E-state index in [-0.39, 0.29) is 0 Å². The molecule has 0 spiro atoms. The minimum absolute atomic E-state index is 0.469. The van der Waals surface area contributed by atoms with Gasteiger partial charge in [-0.2, -0.15) is 0 Å². The molecule has 1 fully saturated rings. The molecule has 1 heterocycles. The van der Waals surface area contributed by atoms with Gasteiger partial charge in [0.15, 0.2) is 0 Å². The monoisotopic (exact) mass is 268 g/mol. The van der Waals surface area contributed by atoms with Gasteiger partial charge in [-0.1, -0.05) is 17.7 Å². The van der Waals surface area contributed by atoms with Crippen LogP contribution < -0.4 is 4.74 Å². The second-order valence-corrected chi connectivity index (χ2v) is 4.82. The number of hydrogen-bond acceptors (Lipinski definition) is 5. The molecule has 0 bridgehead atoms. The van der Waals surface area contributed by atoms with E-state index in [1.54, 1.807) is 6.92 Å². The van der Waals surface area contributed by atoms with Crippen LogP contribution in [-0.2, 0) is 9.47 Å². The summed E-state index contributed by atoms with van der Waals surface area (Å²) in [6.45, 7) is 3.70. The van der Waals surface area contributed by atoms with Crippen molar-refractivity contribution in [2.75, 3.05) is 7.11 Å². The molecular formula is C14H20O5. The van der Waals surface area contributed by atoms with Crippen molar-refractivity contribution in [2.24, 2.45) is 0 Å². The molecule has 19 heavy (non-hydrogen) atoms. The molecule has 5 heteroatoms. The molecule has 5 atom stereocenters. The number of rotatable bonds is 3. The second-order valence-electron chi connectivity index (χ2n) is 4.82. The minimum Gasteiger partial charge on any atom is -0.462 e. The van der Waals surface area contributed by atoms with Gasteiger partial charge in [0.1, 0.15) is 24.1 Å². The van der Waals surface area contributed by atoms with E-state index in [2.05, 4.69) is 0 Å². The number of aliphatic hydroxyl groups is 2. The predicted molar refractivity (Wildman–Crippen MR) is 69.0 cm³/mol. The van der Waals surface area contributed by atoms with Crippen molar-refractivity contribution in [1.82, 2.24) is 0 Å². The smallest absolute Gasteiger partial charge is 0.229 e.